The molecule has 3 heterocycles. The third-order valence-electron chi connectivity index (χ3n) is 6.22. The van der Waals surface area contributed by atoms with Gasteiger partial charge < -0.3 is 24.1 Å². The van der Waals surface area contributed by atoms with Crippen LogP contribution in [0.25, 0.3) is 11.3 Å². The Balaban J connectivity index is 1.55. The van der Waals surface area contributed by atoms with E-state index in [0.29, 0.717) is 34.1 Å². The van der Waals surface area contributed by atoms with Crippen molar-refractivity contribution < 1.29 is 13.9 Å². The summed E-state index contributed by atoms with van der Waals surface area (Å²) in [5.41, 5.74) is 3.66. The number of anilines is 1. The molecule has 0 aliphatic carbocycles. The summed E-state index contributed by atoms with van der Waals surface area (Å²) in [4.78, 5) is 6.60. The van der Waals surface area contributed by atoms with Gasteiger partial charge in [0.15, 0.2) is 5.11 Å². The number of thiocarbonyl (C=S) groups is 1. The minimum atomic E-state index is -0.313. The summed E-state index contributed by atoms with van der Waals surface area (Å²) in [5.74, 6) is 2.04. The zero-order valence-electron chi connectivity index (χ0n) is 20.3. The maximum atomic E-state index is 6.59. The molecule has 9 heteroatoms. The van der Waals surface area contributed by atoms with Gasteiger partial charge in [-0.3, -0.25) is 4.98 Å². The summed E-state index contributed by atoms with van der Waals surface area (Å²) < 4.78 is 17.3. The van der Waals surface area contributed by atoms with Gasteiger partial charge in [0, 0.05) is 29.6 Å². The highest BCUT2D eigenvalue weighted by molar-refractivity contribution is 7.80. The Kier molecular flexibility index (Phi) is 7.67. The predicted molar refractivity (Wildman–Crippen MR) is 151 cm³/mol. The summed E-state index contributed by atoms with van der Waals surface area (Å²) in [6.45, 7) is 2.90. The quantitative estimate of drug-likeness (QED) is 0.183. The highest BCUT2D eigenvalue weighted by Gasteiger charge is 2.42. The first-order valence-electron chi connectivity index (χ1n) is 11.7. The van der Waals surface area contributed by atoms with Crippen molar-refractivity contribution in [3.8, 4) is 17.1 Å². The van der Waals surface area contributed by atoms with Crippen molar-refractivity contribution >= 4 is 46.2 Å². The summed E-state index contributed by atoms with van der Waals surface area (Å²) in [6.07, 6.45) is 1.77. The Hall–Kier alpha value is -3.10. The van der Waals surface area contributed by atoms with E-state index in [1.54, 1.807) is 13.3 Å². The number of nitrogens with one attached hydrogen (secondary N) is 1. The van der Waals surface area contributed by atoms with Gasteiger partial charge in [0.2, 0.25) is 0 Å². The maximum absolute atomic E-state index is 6.59. The van der Waals surface area contributed by atoms with Crippen LogP contribution in [0.15, 0.2) is 77.3 Å². The van der Waals surface area contributed by atoms with E-state index < -0.39 is 0 Å². The Bertz CT molecular complexity index is 1410. The molecule has 0 radical (unpaired) electrons. The zero-order chi connectivity index (χ0) is 25.9. The average Bonchev–Trinajstić information content (AvgIpc) is 3.51. The molecule has 1 fully saturated rings. The van der Waals surface area contributed by atoms with Crippen LogP contribution in [0.4, 0.5) is 5.69 Å². The molecule has 6 nitrogen and oxygen atoms in total. The SMILES string of the molecule is COCCOc1ccc(N2C(=S)N[C@@H](c3ccccn3)[C@H]2c2ccc(-c3cc(Cl)ccc3C)o2)cc1Cl. The fourth-order valence-electron chi connectivity index (χ4n) is 4.43. The number of hydrogen-bond donors (Lipinski definition) is 1. The van der Waals surface area contributed by atoms with Gasteiger partial charge in [-0.15, -0.1) is 0 Å². The number of pyridine rings is 1. The smallest absolute Gasteiger partial charge is 0.174 e. The first-order valence-corrected chi connectivity index (χ1v) is 12.9. The second-order valence-corrected chi connectivity index (χ2v) is 9.84. The number of methoxy groups -OCH3 is 1. The molecule has 5 rings (SSSR count). The van der Waals surface area contributed by atoms with Crippen LogP contribution in [0, 0.1) is 6.92 Å². The monoisotopic (exact) mass is 553 g/mol. The largest absolute Gasteiger partial charge is 0.490 e. The third kappa shape index (κ3) is 5.31. The van der Waals surface area contributed by atoms with Gasteiger partial charge >= 0.3 is 0 Å². The van der Waals surface area contributed by atoms with Crippen LogP contribution in [0.3, 0.4) is 0 Å². The molecule has 1 N–H and O–H groups in total. The number of halogens is 2. The number of aromatic nitrogens is 1. The second-order valence-electron chi connectivity index (χ2n) is 8.61. The summed E-state index contributed by atoms with van der Waals surface area (Å²) in [7, 11) is 1.63. The van der Waals surface area contributed by atoms with E-state index in [2.05, 4.69) is 10.3 Å². The number of furan rings is 1. The molecule has 0 saturated carbocycles. The van der Waals surface area contributed by atoms with Crippen molar-refractivity contribution in [3.05, 3.63) is 100.0 Å². The van der Waals surface area contributed by atoms with Gasteiger partial charge in [0.1, 0.15) is 29.9 Å². The van der Waals surface area contributed by atoms with Gasteiger partial charge in [-0.2, -0.15) is 0 Å². The lowest BCUT2D eigenvalue weighted by Crippen LogP contribution is -2.29. The van der Waals surface area contributed by atoms with Crippen molar-refractivity contribution in [2.24, 2.45) is 0 Å². The molecule has 0 bridgehead atoms. The lowest BCUT2D eigenvalue weighted by atomic mass is 10.0. The fourth-order valence-corrected chi connectivity index (χ4v) is 5.18. The van der Waals surface area contributed by atoms with Crippen molar-refractivity contribution in [1.29, 1.82) is 0 Å². The van der Waals surface area contributed by atoms with E-state index in [1.807, 2.05) is 78.6 Å². The summed E-state index contributed by atoms with van der Waals surface area (Å²) in [6, 6.07) is 20.6. The molecule has 2 aromatic carbocycles. The Morgan fingerprint density at radius 1 is 1.05 bits per heavy atom. The van der Waals surface area contributed by atoms with E-state index in [1.165, 1.54) is 0 Å². The van der Waals surface area contributed by atoms with Crippen molar-refractivity contribution in [1.82, 2.24) is 10.3 Å². The van der Waals surface area contributed by atoms with E-state index in [-0.39, 0.29) is 12.1 Å². The molecule has 4 aromatic rings. The van der Waals surface area contributed by atoms with Gasteiger partial charge in [0.05, 0.1) is 23.4 Å². The molecule has 190 valence electrons. The minimum Gasteiger partial charge on any atom is -0.490 e. The van der Waals surface area contributed by atoms with Crippen molar-refractivity contribution in [2.45, 2.75) is 19.0 Å². The topological polar surface area (TPSA) is 59.8 Å². The van der Waals surface area contributed by atoms with Gasteiger partial charge in [-0.1, -0.05) is 35.3 Å². The molecule has 0 amide bonds. The van der Waals surface area contributed by atoms with Crippen molar-refractivity contribution in [3.63, 3.8) is 0 Å². The molecular formula is C28H25Cl2N3O3S. The lowest BCUT2D eigenvalue weighted by Gasteiger charge is -2.26. The van der Waals surface area contributed by atoms with Gasteiger partial charge in [-0.25, -0.2) is 0 Å². The highest BCUT2D eigenvalue weighted by atomic mass is 35.5. The maximum Gasteiger partial charge on any atom is 0.174 e. The van der Waals surface area contributed by atoms with Crippen LogP contribution < -0.4 is 15.0 Å². The Morgan fingerprint density at radius 2 is 1.92 bits per heavy atom. The van der Waals surface area contributed by atoms with Gasteiger partial charge in [-0.05, 0) is 79.3 Å². The van der Waals surface area contributed by atoms with E-state index in [4.69, 9.17) is 49.3 Å². The minimum absolute atomic E-state index is 0.246. The first kappa shape index (κ1) is 25.5. The number of hydrogen-bond acceptors (Lipinski definition) is 5. The van der Waals surface area contributed by atoms with Crippen LogP contribution >= 0.6 is 35.4 Å². The summed E-state index contributed by atoms with van der Waals surface area (Å²) in [5, 5.41) is 5.11. The van der Waals surface area contributed by atoms with Crippen LogP contribution in [0.2, 0.25) is 10.0 Å². The number of aryl methyl sites for hydroxylation is 1. The third-order valence-corrected chi connectivity index (χ3v) is 7.07. The summed E-state index contributed by atoms with van der Waals surface area (Å²) >= 11 is 18.7. The van der Waals surface area contributed by atoms with Crippen LogP contribution in [-0.2, 0) is 4.74 Å². The average molecular weight is 554 g/mol. The first-order chi connectivity index (χ1) is 18.0. The zero-order valence-corrected chi connectivity index (χ0v) is 22.6. The molecule has 0 unspecified atom stereocenters. The number of nitrogens with zero attached hydrogens (tertiary/aromatic N) is 2. The van der Waals surface area contributed by atoms with Crippen LogP contribution in [0.1, 0.15) is 29.1 Å². The Labute approximate surface area is 231 Å². The fraction of sp³-hybridized carbons (Fsp3) is 0.214. The number of rotatable bonds is 8. The standard InChI is InChI=1S/C28H25Cl2N3O3S/c1-17-6-7-18(29)15-20(17)23-10-11-25(36-23)27-26(22-5-3-4-12-31-22)32-28(37)33(27)19-8-9-24(21(30)16-19)35-14-13-34-2/h3-12,15-16,26-27H,13-14H2,1-2H3,(H,32,37)/t26-,27+/m0/s1. The number of benzene rings is 2. The van der Waals surface area contributed by atoms with E-state index in [9.17, 15) is 0 Å². The molecule has 2 aromatic heterocycles. The highest BCUT2D eigenvalue weighted by Crippen LogP contribution is 2.44. The molecule has 2 atom stereocenters. The molecule has 1 saturated heterocycles. The molecule has 1 aliphatic rings. The predicted octanol–water partition coefficient (Wildman–Crippen LogP) is 7.16. The Morgan fingerprint density at radius 3 is 2.68 bits per heavy atom. The van der Waals surface area contributed by atoms with Gasteiger partial charge in [0.25, 0.3) is 0 Å². The molecule has 0 spiro atoms. The van der Waals surface area contributed by atoms with E-state index >= 15 is 0 Å². The number of ether oxygens (including phenoxy) is 2. The van der Waals surface area contributed by atoms with Crippen LogP contribution in [0.5, 0.6) is 5.75 Å². The molecule has 1 aliphatic heterocycles. The molecular weight excluding hydrogens is 529 g/mol. The van der Waals surface area contributed by atoms with Crippen molar-refractivity contribution in [2.75, 3.05) is 25.2 Å². The second kappa shape index (κ2) is 11.1. The van der Waals surface area contributed by atoms with Crippen LogP contribution in [-0.4, -0.2) is 30.4 Å². The lowest BCUT2D eigenvalue weighted by molar-refractivity contribution is 0.146. The normalized spacial score (nSPS) is 17.2. The molecule has 37 heavy (non-hydrogen) atoms. The van der Waals surface area contributed by atoms with E-state index in [0.717, 1.165) is 34.0 Å².